The molecule has 0 fully saturated rings. The third-order valence-electron chi connectivity index (χ3n) is 2.56. The first kappa shape index (κ1) is 13.1. The Kier molecular flexibility index (Phi) is 4.06. The zero-order valence-electron chi connectivity index (χ0n) is 9.83. The Balaban J connectivity index is 2.56. The lowest BCUT2D eigenvalue weighted by molar-refractivity contribution is 0.597. The van der Waals surface area contributed by atoms with Crippen LogP contribution in [0.1, 0.15) is 19.2 Å². The Hall–Kier alpha value is -1.30. The van der Waals surface area contributed by atoms with Crippen molar-refractivity contribution in [2.75, 3.05) is 0 Å². The normalized spacial score (nSPS) is 10.9. The average Bonchev–Trinajstić information content (AvgIpc) is 2.76. The summed E-state index contributed by atoms with van der Waals surface area (Å²) in [5.74, 6) is 0.0823. The summed E-state index contributed by atoms with van der Waals surface area (Å²) in [6, 6.07) is 3.33. The molecule has 0 radical (unpaired) electrons. The van der Waals surface area contributed by atoms with Crippen molar-refractivity contribution in [2.45, 2.75) is 25.2 Å². The lowest BCUT2D eigenvalue weighted by Crippen LogP contribution is -2.04. The topological polar surface area (TPSA) is 30.7 Å². The summed E-state index contributed by atoms with van der Waals surface area (Å²) < 4.78 is 28.7. The number of hydrogen-bond acceptors (Lipinski definition) is 2. The van der Waals surface area contributed by atoms with Crippen LogP contribution in [0.15, 0.2) is 18.2 Å². The lowest BCUT2D eigenvalue weighted by Gasteiger charge is -2.08. The molecule has 0 unspecified atom stereocenters. The minimum atomic E-state index is -0.498. The van der Waals surface area contributed by atoms with Gasteiger partial charge in [0, 0.05) is 6.54 Å². The Morgan fingerprint density at radius 1 is 1.28 bits per heavy atom. The van der Waals surface area contributed by atoms with E-state index >= 15 is 0 Å². The van der Waals surface area contributed by atoms with Gasteiger partial charge in [0.1, 0.15) is 17.5 Å². The first-order valence-corrected chi connectivity index (χ1v) is 6.73. The highest BCUT2D eigenvalue weighted by Gasteiger charge is 2.16. The van der Waals surface area contributed by atoms with Gasteiger partial charge in [-0.25, -0.2) is 8.78 Å². The van der Waals surface area contributed by atoms with Crippen molar-refractivity contribution in [3.8, 4) is 11.4 Å². The molecular weight excluding hydrogens is 304 g/mol. The second-order valence-electron chi connectivity index (χ2n) is 3.85. The molecule has 1 aromatic carbocycles. The molecule has 0 saturated carbocycles. The highest BCUT2D eigenvalue weighted by Crippen LogP contribution is 2.23. The summed E-state index contributed by atoms with van der Waals surface area (Å²) in [5.41, 5.74) is 0.142. The Morgan fingerprint density at radius 2 is 2.06 bits per heavy atom. The van der Waals surface area contributed by atoms with Crippen molar-refractivity contribution in [1.29, 1.82) is 0 Å². The molecule has 0 saturated heterocycles. The van der Waals surface area contributed by atoms with Crippen LogP contribution in [0, 0.1) is 11.6 Å². The second-order valence-corrected chi connectivity index (χ2v) is 4.41. The number of nitrogens with zero attached hydrogens (tertiary/aromatic N) is 3. The van der Waals surface area contributed by atoms with Crippen LogP contribution in [0.2, 0.25) is 0 Å². The molecule has 0 spiro atoms. The van der Waals surface area contributed by atoms with Crippen LogP contribution in [-0.4, -0.2) is 14.8 Å². The smallest absolute Gasteiger partial charge is 0.167 e. The molecule has 18 heavy (non-hydrogen) atoms. The zero-order valence-corrected chi connectivity index (χ0v) is 11.4. The maximum atomic E-state index is 13.7. The van der Waals surface area contributed by atoms with Gasteiger partial charge < -0.3 is 4.57 Å². The number of hydrogen-bond donors (Lipinski definition) is 0. The van der Waals surface area contributed by atoms with Crippen molar-refractivity contribution >= 4 is 15.9 Å². The molecule has 1 heterocycles. The predicted octanol–water partition coefficient (Wildman–Crippen LogP) is 3.53. The van der Waals surface area contributed by atoms with Crippen LogP contribution < -0.4 is 0 Å². The van der Waals surface area contributed by atoms with Crippen molar-refractivity contribution in [1.82, 2.24) is 14.8 Å². The van der Waals surface area contributed by atoms with Gasteiger partial charge in [0.15, 0.2) is 5.82 Å². The van der Waals surface area contributed by atoms with Crippen molar-refractivity contribution in [2.24, 2.45) is 0 Å². The van der Waals surface area contributed by atoms with Gasteiger partial charge in [-0.1, -0.05) is 22.9 Å². The number of halogens is 3. The Labute approximate surface area is 112 Å². The summed E-state index contributed by atoms with van der Waals surface area (Å²) in [6.45, 7) is 2.67. The molecule has 0 N–H and O–H groups in total. The van der Waals surface area contributed by atoms with E-state index in [4.69, 9.17) is 0 Å². The lowest BCUT2D eigenvalue weighted by atomic mass is 10.2. The van der Waals surface area contributed by atoms with Gasteiger partial charge in [-0.15, -0.1) is 10.2 Å². The molecule has 0 bridgehead atoms. The molecular formula is C12H12BrF2N3. The zero-order chi connectivity index (χ0) is 13.1. The van der Waals surface area contributed by atoms with Gasteiger partial charge in [0.25, 0.3) is 0 Å². The van der Waals surface area contributed by atoms with Gasteiger partial charge in [0.05, 0.1) is 10.9 Å². The number of alkyl halides is 1. The molecule has 2 rings (SSSR count). The number of rotatable bonds is 4. The maximum absolute atomic E-state index is 13.7. The summed E-state index contributed by atoms with van der Waals surface area (Å²) in [6.07, 6.45) is 0.863. The van der Waals surface area contributed by atoms with E-state index < -0.39 is 11.6 Å². The fourth-order valence-corrected chi connectivity index (χ4v) is 2.18. The second kappa shape index (κ2) is 5.56. The summed E-state index contributed by atoms with van der Waals surface area (Å²) in [7, 11) is 0. The Bertz CT molecular complexity index is 554. The van der Waals surface area contributed by atoms with Gasteiger partial charge in [-0.3, -0.25) is 0 Å². The number of aromatic nitrogens is 3. The minimum Gasteiger partial charge on any atom is -0.310 e. The van der Waals surface area contributed by atoms with Crippen LogP contribution >= 0.6 is 15.9 Å². The largest absolute Gasteiger partial charge is 0.310 e. The predicted molar refractivity (Wildman–Crippen MR) is 68.3 cm³/mol. The monoisotopic (exact) mass is 315 g/mol. The van der Waals surface area contributed by atoms with Crippen molar-refractivity contribution in [3.05, 3.63) is 35.7 Å². The maximum Gasteiger partial charge on any atom is 0.167 e. The van der Waals surface area contributed by atoms with E-state index in [1.807, 2.05) is 6.92 Å². The van der Waals surface area contributed by atoms with Gasteiger partial charge in [0.2, 0.25) is 0 Å². The molecule has 2 aromatic rings. The van der Waals surface area contributed by atoms with E-state index in [9.17, 15) is 8.78 Å². The third-order valence-corrected chi connectivity index (χ3v) is 3.06. The van der Waals surface area contributed by atoms with Crippen LogP contribution in [-0.2, 0) is 11.9 Å². The molecule has 0 atom stereocenters. The van der Waals surface area contributed by atoms with Crippen LogP contribution in [0.3, 0.4) is 0 Å². The van der Waals surface area contributed by atoms with E-state index in [1.54, 1.807) is 4.57 Å². The van der Waals surface area contributed by atoms with E-state index in [1.165, 1.54) is 0 Å². The number of benzene rings is 1. The van der Waals surface area contributed by atoms with E-state index in [0.29, 0.717) is 23.5 Å². The van der Waals surface area contributed by atoms with Gasteiger partial charge in [-0.05, 0) is 24.6 Å². The standard InChI is InChI=1S/C12H12BrF2N3/c1-2-5-18-11(7-13)16-17-12(18)9-6-8(14)3-4-10(9)15/h3-4,6H,2,5,7H2,1H3. The summed E-state index contributed by atoms with van der Waals surface area (Å²) >= 11 is 3.31. The van der Waals surface area contributed by atoms with Gasteiger partial charge >= 0.3 is 0 Å². The van der Waals surface area contributed by atoms with Crippen LogP contribution in [0.5, 0.6) is 0 Å². The van der Waals surface area contributed by atoms with E-state index in [0.717, 1.165) is 24.6 Å². The molecule has 0 aliphatic carbocycles. The fraction of sp³-hybridized carbons (Fsp3) is 0.333. The molecule has 0 aliphatic heterocycles. The summed E-state index contributed by atoms with van der Waals surface area (Å²) in [4.78, 5) is 0. The van der Waals surface area contributed by atoms with Crippen LogP contribution in [0.4, 0.5) is 8.78 Å². The highest BCUT2D eigenvalue weighted by molar-refractivity contribution is 9.08. The summed E-state index contributed by atoms with van der Waals surface area (Å²) in [5, 5.41) is 8.46. The van der Waals surface area contributed by atoms with E-state index in [-0.39, 0.29) is 5.56 Å². The quantitative estimate of drug-likeness (QED) is 0.808. The molecule has 3 nitrogen and oxygen atoms in total. The highest BCUT2D eigenvalue weighted by atomic mass is 79.9. The molecule has 6 heteroatoms. The molecule has 96 valence electrons. The first-order valence-electron chi connectivity index (χ1n) is 5.60. The Morgan fingerprint density at radius 3 is 2.72 bits per heavy atom. The molecule has 0 aliphatic rings. The van der Waals surface area contributed by atoms with Crippen molar-refractivity contribution in [3.63, 3.8) is 0 Å². The fourth-order valence-electron chi connectivity index (χ4n) is 1.76. The van der Waals surface area contributed by atoms with Gasteiger partial charge in [-0.2, -0.15) is 0 Å². The van der Waals surface area contributed by atoms with Crippen molar-refractivity contribution < 1.29 is 8.78 Å². The van der Waals surface area contributed by atoms with E-state index in [2.05, 4.69) is 26.1 Å². The first-order chi connectivity index (χ1) is 8.67. The molecule has 0 amide bonds. The minimum absolute atomic E-state index is 0.142. The van der Waals surface area contributed by atoms with Crippen LogP contribution in [0.25, 0.3) is 11.4 Å². The average molecular weight is 316 g/mol. The third kappa shape index (κ3) is 2.43. The molecule has 1 aromatic heterocycles. The SMILES string of the molecule is CCCn1c(CBr)nnc1-c1cc(F)ccc1F.